The predicted octanol–water partition coefficient (Wildman–Crippen LogP) is 3.38. The molecule has 1 aliphatic rings. The molecule has 0 aromatic heterocycles. The van der Waals surface area contributed by atoms with Crippen LogP contribution in [0.2, 0.25) is 0 Å². The van der Waals surface area contributed by atoms with Crippen molar-refractivity contribution < 1.29 is 19.0 Å². The largest absolute Gasteiger partial charge is 0.505 e. The lowest BCUT2D eigenvalue weighted by Gasteiger charge is -2.15. The molecular weight excluding hydrogens is 223 g/mol. The minimum atomic E-state index is -0.880. The van der Waals surface area contributed by atoms with E-state index in [9.17, 15) is 14.3 Å². The van der Waals surface area contributed by atoms with E-state index < -0.39 is 17.6 Å². The van der Waals surface area contributed by atoms with E-state index in [2.05, 4.69) is 0 Å². The summed E-state index contributed by atoms with van der Waals surface area (Å²) >= 11 is 0. The van der Waals surface area contributed by atoms with Gasteiger partial charge in [-0.25, -0.2) is 9.18 Å². The van der Waals surface area contributed by atoms with Crippen molar-refractivity contribution >= 4 is 5.97 Å². The van der Waals surface area contributed by atoms with E-state index >= 15 is 0 Å². The Labute approximate surface area is 101 Å². The maximum absolute atomic E-state index is 13.6. The molecule has 0 saturated heterocycles. The van der Waals surface area contributed by atoms with E-state index in [-0.39, 0.29) is 5.57 Å². The first-order valence-electron chi connectivity index (χ1n) is 5.87. The lowest BCUT2D eigenvalue weighted by molar-refractivity contribution is -0.139. The average molecular weight is 241 g/mol. The first kappa shape index (κ1) is 13.7. The minimum Gasteiger partial charge on any atom is -0.505 e. The van der Waals surface area contributed by atoms with E-state index in [0.717, 1.165) is 19.3 Å². The third-order valence-electron chi connectivity index (χ3n) is 2.66. The zero-order valence-electron chi connectivity index (χ0n) is 10.3. The van der Waals surface area contributed by atoms with Gasteiger partial charge in [-0.2, -0.15) is 0 Å². The molecule has 0 heterocycles. The molecule has 0 aliphatic heterocycles. The van der Waals surface area contributed by atoms with Crippen LogP contribution in [0.1, 0.15) is 39.5 Å². The molecule has 0 aromatic carbocycles. The Morgan fingerprint density at radius 3 is 2.88 bits per heavy atom. The summed E-state index contributed by atoms with van der Waals surface area (Å²) in [6.07, 6.45) is 4.61. The molecule has 0 spiro atoms. The smallest absolute Gasteiger partial charge is 0.337 e. The Balaban J connectivity index is 2.58. The van der Waals surface area contributed by atoms with E-state index in [1.165, 1.54) is 6.42 Å². The molecule has 0 saturated carbocycles. The second kappa shape index (κ2) is 6.42. The summed E-state index contributed by atoms with van der Waals surface area (Å²) in [7, 11) is 0. The van der Waals surface area contributed by atoms with Crippen molar-refractivity contribution in [1.82, 2.24) is 0 Å². The molecule has 4 heteroatoms. The van der Waals surface area contributed by atoms with Crippen molar-refractivity contribution in [3.05, 3.63) is 29.2 Å². The van der Waals surface area contributed by atoms with Gasteiger partial charge in [-0.1, -0.05) is 19.8 Å². The molecule has 3 nitrogen and oxygen atoms in total. The molecule has 0 amide bonds. The van der Waals surface area contributed by atoms with Gasteiger partial charge in [0.05, 0.1) is 12.2 Å². The fourth-order valence-corrected chi connectivity index (χ4v) is 1.52. The molecule has 95 valence electrons. The first-order chi connectivity index (χ1) is 8.07. The fourth-order valence-electron chi connectivity index (χ4n) is 1.52. The van der Waals surface area contributed by atoms with Crippen LogP contribution in [0.25, 0.3) is 0 Å². The maximum Gasteiger partial charge on any atom is 0.337 e. The Kier molecular flexibility index (Phi) is 5.19. The number of esters is 1. The summed E-state index contributed by atoms with van der Waals surface area (Å²) < 4.78 is 18.5. The van der Waals surface area contributed by atoms with Gasteiger partial charge < -0.3 is 9.84 Å². The van der Waals surface area contributed by atoms with Crippen LogP contribution in [-0.4, -0.2) is 17.7 Å². The third kappa shape index (κ3) is 3.58. The van der Waals surface area contributed by atoms with Crippen LogP contribution >= 0.6 is 0 Å². The van der Waals surface area contributed by atoms with Gasteiger partial charge in [0, 0.05) is 6.42 Å². The molecule has 1 radical (unpaired) electrons. The Morgan fingerprint density at radius 2 is 2.24 bits per heavy atom. The number of unbranched alkanes of at least 4 members (excludes halogenated alkanes) is 2. The van der Waals surface area contributed by atoms with Gasteiger partial charge in [-0.05, 0) is 25.3 Å². The van der Waals surface area contributed by atoms with E-state index in [1.54, 1.807) is 6.92 Å². The quantitative estimate of drug-likeness (QED) is 0.593. The molecule has 0 fully saturated rings. The number of carbonyl (C=O) groups is 1. The molecule has 0 bridgehead atoms. The first-order valence-corrected chi connectivity index (χ1v) is 5.87. The number of hydrogen-bond acceptors (Lipinski definition) is 3. The lowest BCUT2D eigenvalue weighted by Crippen LogP contribution is -2.14. The minimum absolute atomic E-state index is 0.162. The summed E-state index contributed by atoms with van der Waals surface area (Å²) in [6.45, 7) is 3.96. The highest BCUT2D eigenvalue weighted by molar-refractivity contribution is 5.92. The Hall–Kier alpha value is -1.32. The Morgan fingerprint density at radius 1 is 1.53 bits per heavy atom. The highest BCUT2D eigenvalue weighted by atomic mass is 19.1. The second-order valence-corrected chi connectivity index (χ2v) is 4.11. The highest BCUT2D eigenvalue weighted by Crippen LogP contribution is 2.29. The number of halogens is 1. The lowest BCUT2D eigenvalue weighted by atomic mass is 9.97. The number of aliphatic hydroxyl groups excluding tert-OH is 1. The van der Waals surface area contributed by atoms with Crippen molar-refractivity contribution in [2.45, 2.75) is 39.5 Å². The topological polar surface area (TPSA) is 46.5 Å². The molecule has 0 unspecified atom stereocenters. The van der Waals surface area contributed by atoms with Crippen molar-refractivity contribution in [3.63, 3.8) is 0 Å². The number of ether oxygens (including phenoxy) is 1. The summed E-state index contributed by atoms with van der Waals surface area (Å²) in [5, 5.41) is 9.39. The SMILES string of the molecule is CCCCCOC(=O)C1=C(F)C(O)=C(C)C[CH]1. The third-order valence-corrected chi connectivity index (χ3v) is 2.66. The van der Waals surface area contributed by atoms with Crippen LogP contribution in [0.3, 0.4) is 0 Å². The van der Waals surface area contributed by atoms with Gasteiger partial charge in [0.2, 0.25) is 0 Å². The van der Waals surface area contributed by atoms with E-state index in [1.807, 2.05) is 6.92 Å². The molecule has 0 atom stereocenters. The second-order valence-electron chi connectivity index (χ2n) is 4.11. The molecule has 1 aliphatic carbocycles. The number of aliphatic hydroxyl groups is 1. The summed E-state index contributed by atoms with van der Waals surface area (Å²) in [5.41, 5.74) is 0.356. The molecule has 1 N–H and O–H groups in total. The maximum atomic E-state index is 13.6. The van der Waals surface area contributed by atoms with E-state index in [0.29, 0.717) is 18.6 Å². The highest BCUT2D eigenvalue weighted by Gasteiger charge is 2.25. The normalized spacial score (nSPS) is 16.4. The van der Waals surface area contributed by atoms with Crippen molar-refractivity contribution in [1.29, 1.82) is 0 Å². The van der Waals surface area contributed by atoms with Crippen LogP contribution in [0.5, 0.6) is 0 Å². The number of allylic oxidation sites excluding steroid dienone is 2. The van der Waals surface area contributed by atoms with Crippen molar-refractivity contribution in [3.8, 4) is 0 Å². The van der Waals surface area contributed by atoms with E-state index in [4.69, 9.17) is 4.74 Å². The summed E-state index contributed by atoms with van der Waals surface area (Å²) in [6, 6.07) is 0. The summed E-state index contributed by atoms with van der Waals surface area (Å²) in [5.74, 6) is -2.01. The number of carbonyl (C=O) groups excluding carboxylic acids is 1. The Bertz CT molecular complexity index is 356. The van der Waals surface area contributed by atoms with Crippen molar-refractivity contribution in [2.75, 3.05) is 6.61 Å². The average Bonchev–Trinajstić information content (AvgIpc) is 2.31. The fraction of sp³-hybridized carbons (Fsp3) is 0.538. The van der Waals surface area contributed by atoms with Gasteiger partial charge in [0.1, 0.15) is 0 Å². The van der Waals surface area contributed by atoms with Crippen LogP contribution in [0, 0.1) is 6.42 Å². The molecule has 0 aromatic rings. The van der Waals surface area contributed by atoms with Crippen LogP contribution in [-0.2, 0) is 9.53 Å². The van der Waals surface area contributed by atoms with Gasteiger partial charge in [-0.3, -0.25) is 0 Å². The standard InChI is InChI=1S/C13H18FO3/c1-3-4-5-8-17-13(16)10-7-6-9(2)12(15)11(10)14/h7,15H,3-6,8H2,1-2H3. The zero-order chi connectivity index (χ0) is 12.8. The van der Waals surface area contributed by atoms with Crippen LogP contribution < -0.4 is 0 Å². The van der Waals surface area contributed by atoms with Crippen molar-refractivity contribution in [2.24, 2.45) is 0 Å². The van der Waals surface area contributed by atoms with Gasteiger partial charge >= 0.3 is 5.97 Å². The zero-order valence-corrected chi connectivity index (χ0v) is 10.3. The predicted molar refractivity (Wildman–Crippen MR) is 62.9 cm³/mol. The van der Waals surface area contributed by atoms with Gasteiger partial charge in [0.15, 0.2) is 11.6 Å². The summed E-state index contributed by atoms with van der Waals surface area (Å²) in [4.78, 5) is 11.5. The van der Waals surface area contributed by atoms with Gasteiger partial charge in [-0.15, -0.1) is 0 Å². The number of rotatable bonds is 5. The van der Waals surface area contributed by atoms with Crippen LogP contribution in [0.15, 0.2) is 22.7 Å². The van der Waals surface area contributed by atoms with Crippen LogP contribution in [0.4, 0.5) is 4.39 Å². The van der Waals surface area contributed by atoms with Gasteiger partial charge in [0.25, 0.3) is 0 Å². The number of hydrogen-bond donors (Lipinski definition) is 1. The molecular formula is C13H18FO3. The monoisotopic (exact) mass is 241 g/mol. The molecule has 1 rings (SSSR count). The molecule has 17 heavy (non-hydrogen) atoms.